The molecule has 0 saturated carbocycles. The number of aliphatic hydroxyl groups is 1. The van der Waals surface area contributed by atoms with Gasteiger partial charge in [0.05, 0.1) is 12.6 Å². The fraction of sp³-hybridized carbons (Fsp3) is 0.909. The van der Waals surface area contributed by atoms with Crippen LogP contribution in [0.5, 0.6) is 0 Å². The highest BCUT2D eigenvalue weighted by molar-refractivity contribution is 5.82. The summed E-state index contributed by atoms with van der Waals surface area (Å²) >= 11 is 0. The fourth-order valence-electron chi connectivity index (χ4n) is 1.93. The van der Waals surface area contributed by atoms with Gasteiger partial charge in [-0.1, -0.05) is 6.92 Å². The molecule has 0 bridgehead atoms. The zero-order chi connectivity index (χ0) is 12.9. The lowest BCUT2D eigenvalue weighted by atomic mass is 10.0. The van der Waals surface area contributed by atoms with Gasteiger partial charge in [0.2, 0.25) is 5.91 Å². The zero-order valence-electron chi connectivity index (χ0n) is 10.1. The summed E-state index contributed by atoms with van der Waals surface area (Å²) in [5.41, 5.74) is 0. The van der Waals surface area contributed by atoms with Crippen molar-refractivity contribution in [2.24, 2.45) is 0 Å². The average molecular weight is 250 g/mol. The molecule has 1 atom stereocenters. The molecule has 1 amide bonds. The second-order valence-corrected chi connectivity index (χ2v) is 4.42. The third-order valence-electron chi connectivity index (χ3n) is 2.82. The molecule has 1 heterocycles. The molecule has 6 heteroatoms. The summed E-state index contributed by atoms with van der Waals surface area (Å²) in [6.07, 6.45) is 2.31. The van der Waals surface area contributed by atoms with Crippen molar-refractivity contribution in [1.82, 2.24) is 10.2 Å². The van der Waals surface area contributed by atoms with Crippen molar-refractivity contribution in [2.75, 3.05) is 26.2 Å². The summed E-state index contributed by atoms with van der Waals surface area (Å²) in [5, 5.41) is 11.6. The lowest BCUT2D eigenvalue weighted by Gasteiger charge is -2.34. The van der Waals surface area contributed by atoms with Gasteiger partial charge in [0, 0.05) is 6.54 Å². The predicted octanol–water partition coefficient (Wildman–Crippen LogP) is 0.605. The number of hydrogen-bond acceptors (Lipinski definition) is 3. The lowest BCUT2D eigenvalue weighted by Crippen LogP contribution is -2.54. The van der Waals surface area contributed by atoms with Crippen molar-refractivity contribution >= 4 is 5.91 Å². The number of halogens is 2. The van der Waals surface area contributed by atoms with E-state index in [1.807, 2.05) is 6.92 Å². The monoisotopic (exact) mass is 250 g/mol. The Morgan fingerprint density at radius 3 is 2.88 bits per heavy atom. The standard InChI is InChI=1S/C11H20F2N2O2/c1-2-5-14-9-4-3-6-15(10(9)17)7-11(12,13)8-16/h9,14,16H,2-8H2,1H3. The van der Waals surface area contributed by atoms with Gasteiger partial charge in [-0.3, -0.25) is 4.79 Å². The second-order valence-electron chi connectivity index (χ2n) is 4.42. The summed E-state index contributed by atoms with van der Waals surface area (Å²) in [6, 6.07) is -0.349. The van der Waals surface area contributed by atoms with Crippen molar-refractivity contribution in [1.29, 1.82) is 0 Å². The smallest absolute Gasteiger partial charge is 0.287 e. The minimum Gasteiger partial charge on any atom is -0.390 e. The minimum atomic E-state index is -3.21. The summed E-state index contributed by atoms with van der Waals surface area (Å²) in [6.45, 7) is 1.13. The lowest BCUT2D eigenvalue weighted by molar-refractivity contribution is -0.144. The first-order valence-electron chi connectivity index (χ1n) is 6.01. The van der Waals surface area contributed by atoms with Crippen LogP contribution in [0.25, 0.3) is 0 Å². The van der Waals surface area contributed by atoms with E-state index in [0.717, 1.165) is 11.3 Å². The zero-order valence-corrected chi connectivity index (χ0v) is 10.1. The first kappa shape index (κ1) is 14.3. The number of carbonyl (C=O) groups is 1. The van der Waals surface area contributed by atoms with Crippen molar-refractivity contribution in [3.8, 4) is 0 Å². The SMILES string of the molecule is CCCNC1CCCN(CC(F)(F)CO)C1=O. The molecule has 0 aromatic carbocycles. The number of amides is 1. The van der Waals surface area contributed by atoms with Crippen molar-refractivity contribution in [2.45, 2.75) is 38.2 Å². The first-order chi connectivity index (χ1) is 8.00. The van der Waals surface area contributed by atoms with Crippen LogP contribution < -0.4 is 5.32 Å². The average Bonchev–Trinajstić information content (AvgIpc) is 2.30. The second kappa shape index (κ2) is 6.26. The molecule has 1 aliphatic heterocycles. The highest BCUT2D eigenvalue weighted by atomic mass is 19.3. The third kappa shape index (κ3) is 4.20. The molecule has 2 N–H and O–H groups in total. The van der Waals surface area contributed by atoms with Gasteiger partial charge in [-0.15, -0.1) is 0 Å². The number of likely N-dealkylation sites (tertiary alicyclic amines) is 1. The van der Waals surface area contributed by atoms with Crippen LogP contribution in [0.1, 0.15) is 26.2 Å². The van der Waals surface area contributed by atoms with Crippen molar-refractivity contribution in [3.63, 3.8) is 0 Å². The number of carbonyl (C=O) groups excluding carboxylic acids is 1. The van der Waals surface area contributed by atoms with Crippen LogP contribution in [0.2, 0.25) is 0 Å². The Morgan fingerprint density at radius 2 is 2.29 bits per heavy atom. The molecule has 0 spiro atoms. The number of aliphatic hydroxyl groups excluding tert-OH is 1. The molecule has 0 aliphatic carbocycles. The molecule has 4 nitrogen and oxygen atoms in total. The maximum Gasteiger partial charge on any atom is 0.287 e. The van der Waals surface area contributed by atoms with Crippen molar-refractivity contribution in [3.05, 3.63) is 0 Å². The Hall–Kier alpha value is -0.750. The van der Waals surface area contributed by atoms with Crippen LogP contribution in [-0.2, 0) is 4.79 Å². The Bertz CT molecular complexity index is 262. The normalized spacial score (nSPS) is 22.0. The number of nitrogens with zero attached hydrogens (tertiary/aromatic N) is 1. The number of hydrogen-bond donors (Lipinski definition) is 2. The van der Waals surface area contributed by atoms with Gasteiger partial charge in [-0.25, -0.2) is 8.78 Å². The van der Waals surface area contributed by atoms with E-state index >= 15 is 0 Å². The molecule has 1 fully saturated rings. The molecule has 100 valence electrons. The fourth-order valence-corrected chi connectivity index (χ4v) is 1.93. The summed E-state index contributed by atoms with van der Waals surface area (Å²) < 4.78 is 26.1. The Labute approximate surface area is 100.0 Å². The molecular weight excluding hydrogens is 230 g/mol. The summed E-state index contributed by atoms with van der Waals surface area (Å²) in [5.74, 6) is -3.49. The van der Waals surface area contributed by atoms with Crippen LogP contribution in [0, 0.1) is 0 Å². The van der Waals surface area contributed by atoms with Gasteiger partial charge >= 0.3 is 0 Å². The molecule has 1 saturated heterocycles. The van der Waals surface area contributed by atoms with E-state index in [9.17, 15) is 13.6 Å². The van der Waals surface area contributed by atoms with Crippen LogP contribution in [0.3, 0.4) is 0 Å². The highest BCUT2D eigenvalue weighted by Crippen LogP contribution is 2.19. The quantitative estimate of drug-likeness (QED) is 0.726. The predicted molar refractivity (Wildman–Crippen MR) is 59.9 cm³/mol. The van der Waals surface area contributed by atoms with E-state index in [2.05, 4.69) is 5.32 Å². The van der Waals surface area contributed by atoms with Gasteiger partial charge in [-0.05, 0) is 25.8 Å². The van der Waals surface area contributed by atoms with Crippen LogP contribution in [-0.4, -0.2) is 54.1 Å². The van der Waals surface area contributed by atoms with E-state index in [1.165, 1.54) is 0 Å². The maximum absolute atomic E-state index is 13.0. The highest BCUT2D eigenvalue weighted by Gasteiger charge is 2.36. The number of piperidine rings is 1. The van der Waals surface area contributed by atoms with Gasteiger partial charge in [0.15, 0.2) is 0 Å². The molecular formula is C11H20F2N2O2. The van der Waals surface area contributed by atoms with Crippen molar-refractivity contribution < 1.29 is 18.7 Å². The van der Waals surface area contributed by atoms with E-state index in [0.29, 0.717) is 25.9 Å². The van der Waals surface area contributed by atoms with Gasteiger partial charge < -0.3 is 15.3 Å². The molecule has 1 unspecified atom stereocenters. The summed E-state index contributed by atoms with van der Waals surface area (Å²) in [7, 11) is 0. The van der Waals surface area contributed by atoms with E-state index in [4.69, 9.17) is 5.11 Å². The molecule has 0 aromatic heterocycles. The minimum absolute atomic E-state index is 0.280. The van der Waals surface area contributed by atoms with Crippen LogP contribution >= 0.6 is 0 Å². The van der Waals surface area contributed by atoms with Crippen LogP contribution in [0.15, 0.2) is 0 Å². The van der Waals surface area contributed by atoms with Gasteiger partial charge in [0.25, 0.3) is 5.92 Å². The molecule has 17 heavy (non-hydrogen) atoms. The third-order valence-corrected chi connectivity index (χ3v) is 2.82. The Morgan fingerprint density at radius 1 is 1.59 bits per heavy atom. The topological polar surface area (TPSA) is 52.6 Å². The van der Waals surface area contributed by atoms with E-state index in [-0.39, 0.29) is 11.9 Å². The molecule has 0 aromatic rings. The largest absolute Gasteiger partial charge is 0.390 e. The first-order valence-corrected chi connectivity index (χ1v) is 6.01. The van der Waals surface area contributed by atoms with E-state index < -0.39 is 19.1 Å². The number of nitrogens with one attached hydrogen (secondary N) is 1. The van der Waals surface area contributed by atoms with Gasteiger partial charge in [-0.2, -0.15) is 0 Å². The molecule has 1 aliphatic rings. The molecule has 1 rings (SSSR count). The Kier molecular flexibility index (Phi) is 5.27. The number of rotatable bonds is 6. The number of alkyl halides is 2. The molecule has 0 radical (unpaired) electrons. The van der Waals surface area contributed by atoms with Crippen LogP contribution in [0.4, 0.5) is 8.78 Å². The van der Waals surface area contributed by atoms with Gasteiger partial charge in [0.1, 0.15) is 6.61 Å². The van der Waals surface area contributed by atoms with E-state index in [1.54, 1.807) is 0 Å². The Balaban J connectivity index is 2.53. The maximum atomic E-state index is 13.0. The summed E-state index contributed by atoms with van der Waals surface area (Å²) in [4.78, 5) is 13.0.